The summed E-state index contributed by atoms with van der Waals surface area (Å²) in [5.74, 6) is 0.968. The molecule has 0 bridgehead atoms. The number of carbonyl (C=O) groups is 1. The van der Waals surface area contributed by atoms with Crippen molar-refractivity contribution in [1.82, 2.24) is 0 Å². The number of Topliss-reactive ketones (excluding diaryl/α,β-unsaturated/α-hetero) is 1. The Morgan fingerprint density at radius 3 is 2.85 bits per heavy atom. The molecule has 0 aromatic heterocycles. The molecule has 1 saturated carbocycles. The largest absolute Gasteiger partial charge is 0.487 e. The molecule has 3 rings (SSSR count). The molecule has 2 aliphatic rings. The van der Waals surface area contributed by atoms with Crippen LogP contribution in [-0.4, -0.2) is 38.3 Å². The van der Waals surface area contributed by atoms with Crippen LogP contribution >= 0.6 is 0 Å². The van der Waals surface area contributed by atoms with Crippen molar-refractivity contribution >= 4 is 5.78 Å². The molecular formula is C16H20O4. The number of rotatable bonds is 6. The molecule has 2 aliphatic carbocycles. The van der Waals surface area contributed by atoms with E-state index in [9.17, 15) is 4.79 Å². The standard InChI is InChI=1S/C16H20O4/c1-18-7-8-19-16-14(17)10-15(16)20-13-6-5-11-3-2-4-12(11)9-13/h5-6,9,15-16H,2-4,7-8,10H2,1H3. The van der Waals surface area contributed by atoms with Gasteiger partial charge in [0.15, 0.2) is 11.9 Å². The predicted octanol–water partition coefficient (Wildman–Crippen LogP) is 1.93. The summed E-state index contributed by atoms with van der Waals surface area (Å²) in [6, 6.07) is 6.25. The summed E-state index contributed by atoms with van der Waals surface area (Å²) >= 11 is 0. The molecule has 0 saturated heterocycles. The second kappa shape index (κ2) is 5.94. The van der Waals surface area contributed by atoms with Crippen molar-refractivity contribution in [2.45, 2.75) is 37.9 Å². The second-order valence-corrected chi connectivity index (χ2v) is 5.40. The van der Waals surface area contributed by atoms with Gasteiger partial charge in [0.05, 0.1) is 13.2 Å². The topological polar surface area (TPSA) is 44.8 Å². The van der Waals surface area contributed by atoms with Crippen LogP contribution in [0.25, 0.3) is 0 Å². The average molecular weight is 276 g/mol. The lowest BCUT2D eigenvalue weighted by Crippen LogP contribution is -2.52. The van der Waals surface area contributed by atoms with E-state index in [0.717, 1.165) is 12.2 Å². The Bertz CT molecular complexity index is 497. The molecule has 0 amide bonds. The fraction of sp³-hybridized carbons (Fsp3) is 0.562. The Balaban J connectivity index is 1.58. The molecular weight excluding hydrogens is 256 g/mol. The lowest BCUT2D eigenvalue weighted by Gasteiger charge is -2.34. The van der Waals surface area contributed by atoms with Gasteiger partial charge in [0.25, 0.3) is 0 Å². The summed E-state index contributed by atoms with van der Waals surface area (Å²) in [6.45, 7) is 0.923. The van der Waals surface area contributed by atoms with Gasteiger partial charge in [-0.2, -0.15) is 0 Å². The molecule has 1 aromatic carbocycles. The van der Waals surface area contributed by atoms with E-state index < -0.39 is 6.10 Å². The molecule has 0 spiro atoms. The second-order valence-electron chi connectivity index (χ2n) is 5.40. The van der Waals surface area contributed by atoms with E-state index in [1.54, 1.807) is 7.11 Å². The van der Waals surface area contributed by atoms with Crippen molar-refractivity contribution in [3.63, 3.8) is 0 Å². The lowest BCUT2D eigenvalue weighted by atomic mass is 9.90. The zero-order chi connectivity index (χ0) is 13.9. The first-order valence-corrected chi connectivity index (χ1v) is 7.19. The zero-order valence-corrected chi connectivity index (χ0v) is 11.8. The fourth-order valence-electron chi connectivity index (χ4n) is 2.83. The predicted molar refractivity (Wildman–Crippen MR) is 74.1 cm³/mol. The monoisotopic (exact) mass is 276 g/mol. The molecule has 0 heterocycles. The Hall–Kier alpha value is -1.39. The van der Waals surface area contributed by atoms with Crippen molar-refractivity contribution in [2.24, 2.45) is 0 Å². The SMILES string of the molecule is COCCOC1C(=O)CC1Oc1ccc2c(c1)CCC2. The minimum atomic E-state index is -0.432. The quantitative estimate of drug-likeness (QED) is 0.745. The first kappa shape index (κ1) is 13.6. The van der Waals surface area contributed by atoms with Gasteiger partial charge >= 0.3 is 0 Å². The Labute approximate surface area is 119 Å². The third-order valence-corrected chi connectivity index (χ3v) is 4.00. The number of hydrogen-bond acceptors (Lipinski definition) is 4. The van der Waals surface area contributed by atoms with Crippen molar-refractivity contribution in [1.29, 1.82) is 0 Å². The van der Waals surface area contributed by atoms with Crippen LogP contribution in [0, 0.1) is 0 Å². The maximum absolute atomic E-state index is 11.6. The first-order valence-electron chi connectivity index (χ1n) is 7.19. The highest BCUT2D eigenvalue weighted by atomic mass is 16.6. The molecule has 0 N–H and O–H groups in total. The van der Waals surface area contributed by atoms with Gasteiger partial charge in [0, 0.05) is 13.5 Å². The minimum Gasteiger partial charge on any atom is -0.487 e. The Morgan fingerprint density at radius 1 is 1.20 bits per heavy atom. The number of methoxy groups -OCH3 is 1. The molecule has 4 nitrogen and oxygen atoms in total. The molecule has 0 radical (unpaired) electrons. The molecule has 1 fully saturated rings. The van der Waals surface area contributed by atoms with Crippen LogP contribution in [-0.2, 0) is 27.1 Å². The molecule has 2 unspecified atom stereocenters. The van der Waals surface area contributed by atoms with Gasteiger partial charge in [0.2, 0.25) is 0 Å². The Morgan fingerprint density at radius 2 is 2.05 bits per heavy atom. The zero-order valence-electron chi connectivity index (χ0n) is 11.8. The normalized spacial score (nSPS) is 24.4. The van der Waals surface area contributed by atoms with Crippen LogP contribution in [0.3, 0.4) is 0 Å². The van der Waals surface area contributed by atoms with E-state index in [1.807, 2.05) is 6.07 Å². The minimum absolute atomic E-state index is 0.118. The van der Waals surface area contributed by atoms with Crippen molar-refractivity contribution < 1.29 is 19.0 Å². The van der Waals surface area contributed by atoms with E-state index in [-0.39, 0.29) is 11.9 Å². The van der Waals surface area contributed by atoms with E-state index in [4.69, 9.17) is 14.2 Å². The van der Waals surface area contributed by atoms with Crippen molar-refractivity contribution in [2.75, 3.05) is 20.3 Å². The number of hydrogen-bond donors (Lipinski definition) is 0. The summed E-state index contributed by atoms with van der Waals surface area (Å²) in [5.41, 5.74) is 2.81. The van der Waals surface area contributed by atoms with E-state index >= 15 is 0 Å². The van der Waals surface area contributed by atoms with Crippen LogP contribution in [0.1, 0.15) is 24.0 Å². The number of carbonyl (C=O) groups excluding carboxylic acids is 1. The first-order chi connectivity index (χ1) is 9.78. The number of ketones is 1. The molecule has 4 heteroatoms. The van der Waals surface area contributed by atoms with Gasteiger partial charge in [-0.15, -0.1) is 0 Å². The highest BCUT2D eigenvalue weighted by Gasteiger charge is 2.42. The van der Waals surface area contributed by atoms with Gasteiger partial charge < -0.3 is 14.2 Å². The van der Waals surface area contributed by atoms with Crippen LogP contribution in [0.15, 0.2) is 18.2 Å². The van der Waals surface area contributed by atoms with Gasteiger partial charge in [-0.25, -0.2) is 0 Å². The molecule has 20 heavy (non-hydrogen) atoms. The average Bonchev–Trinajstić information content (AvgIpc) is 2.90. The maximum atomic E-state index is 11.6. The van der Waals surface area contributed by atoms with Gasteiger partial charge in [-0.05, 0) is 42.5 Å². The third-order valence-electron chi connectivity index (χ3n) is 4.00. The number of fused-ring (bicyclic) bond motifs is 1. The fourth-order valence-corrected chi connectivity index (χ4v) is 2.83. The van der Waals surface area contributed by atoms with Crippen LogP contribution < -0.4 is 4.74 Å². The van der Waals surface area contributed by atoms with E-state index in [1.165, 1.54) is 24.0 Å². The highest BCUT2D eigenvalue weighted by Crippen LogP contribution is 2.30. The third kappa shape index (κ3) is 2.72. The van der Waals surface area contributed by atoms with Crippen molar-refractivity contribution in [3.05, 3.63) is 29.3 Å². The molecule has 0 aliphatic heterocycles. The summed E-state index contributed by atoms with van der Waals surface area (Å²) < 4.78 is 16.3. The lowest BCUT2D eigenvalue weighted by molar-refractivity contribution is -0.156. The van der Waals surface area contributed by atoms with Crippen LogP contribution in [0.2, 0.25) is 0 Å². The molecule has 108 valence electrons. The van der Waals surface area contributed by atoms with Gasteiger partial charge in [0.1, 0.15) is 11.9 Å². The van der Waals surface area contributed by atoms with Gasteiger partial charge in [-0.1, -0.05) is 6.07 Å². The maximum Gasteiger partial charge on any atom is 0.169 e. The number of aryl methyl sites for hydroxylation is 2. The summed E-state index contributed by atoms with van der Waals surface area (Å²) in [4.78, 5) is 11.6. The number of benzene rings is 1. The highest BCUT2D eigenvalue weighted by molar-refractivity contribution is 5.90. The van der Waals surface area contributed by atoms with Crippen molar-refractivity contribution in [3.8, 4) is 5.75 Å². The summed E-state index contributed by atoms with van der Waals surface area (Å²) in [7, 11) is 1.62. The van der Waals surface area contributed by atoms with Crippen LogP contribution in [0.5, 0.6) is 5.75 Å². The molecule has 1 aromatic rings. The summed E-state index contributed by atoms with van der Waals surface area (Å²) in [6.07, 6.45) is 3.37. The van der Waals surface area contributed by atoms with E-state index in [0.29, 0.717) is 19.6 Å². The number of ether oxygens (including phenoxy) is 3. The van der Waals surface area contributed by atoms with E-state index in [2.05, 4.69) is 12.1 Å². The summed E-state index contributed by atoms with van der Waals surface area (Å²) in [5, 5.41) is 0. The van der Waals surface area contributed by atoms with Gasteiger partial charge in [-0.3, -0.25) is 4.79 Å². The smallest absolute Gasteiger partial charge is 0.169 e. The molecule has 2 atom stereocenters. The Kier molecular flexibility index (Phi) is 4.03. The van der Waals surface area contributed by atoms with Crippen LogP contribution in [0.4, 0.5) is 0 Å².